The van der Waals surface area contributed by atoms with E-state index in [1.807, 2.05) is 31.2 Å². The lowest BCUT2D eigenvalue weighted by Gasteiger charge is -2.11. The third kappa shape index (κ3) is 3.49. The Bertz CT molecular complexity index is 643. The molecule has 0 aliphatic carbocycles. The van der Waals surface area contributed by atoms with Gasteiger partial charge in [-0.3, -0.25) is 15.6 Å². The first kappa shape index (κ1) is 14.8. The maximum absolute atomic E-state index is 12.2. The van der Waals surface area contributed by atoms with E-state index >= 15 is 0 Å². The summed E-state index contributed by atoms with van der Waals surface area (Å²) in [5, 5.41) is 2.83. The summed E-state index contributed by atoms with van der Waals surface area (Å²) in [6, 6.07) is 9.24. The van der Waals surface area contributed by atoms with Gasteiger partial charge in [-0.2, -0.15) is 0 Å². The Morgan fingerprint density at radius 1 is 1.38 bits per heavy atom. The number of carbonyl (C=O) groups excluding carboxylic acids is 1. The number of nitrogens with two attached hydrogens (primary N) is 1. The number of nitrogen functional groups attached to an aromatic ring is 1. The van der Waals surface area contributed by atoms with E-state index in [1.165, 1.54) is 6.20 Å². The molecule has 0 spiro atoms. The highest BCUT2D eigenvalue weighted by atomic mass is 16.5. The maximum atomic E-state index is 12.2. The molecule has 0 fully saturated rings. The number of amides is 1. The zero-order valence-corrected chi connectivity index (χ0v) is 12.0. The number of benzene rings is 1. The second-order valence-corrected chi connectivity index (χ2v) is 4.51. The quantitative estimate of drug-likeness (QED) is 0.574. The highest BCUT2D eigenvalue weighted by Gasteiger charge is 2.12. The minimum atomic E-state index is -0.249. The minimum Gasteiger partial charge on any atom is -0.496 e. The molecule has 0 unspecified atom stereocenters. The zero-order chi connectivity index (χ0) is 15.2. The number of anilines is 1. The monoisotopic (exact) mass is 286 g/mol. The number of hydrogen-bond donors (Lipinski definition) is 3. The number of nitrogens with zero attached hydrogens (tertiary/aromatic N) is 1. The van der Waals surface area contributed by atoms with Crippen molar-refractivity contribution in [2.24, 2.45) is 5.84 Å². The van der Waals surface area contributed by atoms with E-state index in [9.17, 15) is 4.79 Å². The van der Waals surface area contributed by atoms with Crippen molar-refractivity contribution in [1.29, 1.82) is 0 Å². The molecular weight excluding hydrogens is 268 g/mol. The number of para-hydroxylation sites is 1. The molecule has 0 aliphatic rings. The van der Waals surface area contributed by atoms with Crippen LogP contribution in [0, 0.1) is 6.92 Å². The molecule has 0 radical (unpaired) electrons. The number of aryl methyl sites for hydroxylation is 1. The lowest BCUT2D eigenvalue weighted by molar-refractivity contribution is 0.0951. The van der Waals surface area contributed by atoms with E-state index in [1.54, 1.807) is 13.2 Å². The molecule has 6 nitrogen and oxygen atoms in total. The van der Waals surface area contributed by atoms with Crippen LogP contribution >= 0.6 is 0 Å². The number of hydrazine groups is 1. The van der Waals surface area contributed by atoms with Crippen LogP contribution in [0.25, 0.3) is 0 Å². The van der Waals surface area contributed by atoms with Crippen LogP contribution in [0.15, 0.2) is 36.5 Å². The normalized spacial score (nSPS) is 10.0. The van der Waals surface area contributed by atoms with Gasteiger partial charge in [-0.1, -0.05) is 18.2 Å². The molecule has 1 aromatic heterocycles. The number of hydrogen-bond acceptors (Lipinski definition) is 5. The van der Waals surface area contributed by atoms with Crippen LogP contribution in [-0.2, 0) is 6.54 Å². The molecule has 0 saturated carbocycles. The number of nitrogens with one attached hydrogen (secondary N) is 2. The standard InChI is InChI=1S/C15H18N4O2/c1-10-7-13(19-16)12(9-17-10)15(20)18-8-11-5-3-4-6-14(11)21-2/h3-7,9H,8,16H2,1-2H3,(H,17,19)(H,18,20). The maximum Gasteiger partial charge on any atom is 0.255 e. The van der Waals surface area contributed by atoms with Gasteiger partial charge in [0.25, 0.3) is 5.91 Å². The summed E-state index contributed by atoms with van der Waals surface area (Å²) in [5.74, 6) is 5.92. The van der Waals surface area contributed by atoms with Crippen LogP contribution in [0.1, 0.15) is 21.6 Å². The van der Waals surface area contributed by atoms with Crippen molar-refractivity contribution < 1.29 is 9.53 Å². The third-order valence-corrected chi connectivity index (χ3v) is 3.07. The van der Waals surface area contributed by atoms with E-state index in [4.69, 9.17) is 10.6 Å². The second kappa shape index (κ2) is 6.71. The fourth-order valence-electron chi connectivity index (χ4n) is 1.98. The highest BCUT2D eigenvalue weighted by molar-refractivity contribution is 5.99. The van der Waals surface area contributed by atoms with Crippen molar-refractivity contribution in [2.45, 2.75) is 13.5 Å². The van der Waals surface area contributed by atoms with Gasteiger partial charge in [-0.25, -0.2) is 0 Å². The molecule has 4 N–H and O–H groups in total. The Balaban J connectivity index is 2.12. The summed E-state index contributed by atoms with van der Waals surface area (Å²) in [4.78, 5) is 16.3. The molecule has 1 amide bonds. The Kier molecular flexibility index (Phi) is 4.73. The average Bonchev–Trinajstić information content (AvgIpc) is 2.52. The molecule has 0 atom stereocenters. The molecule has 6 heteroatoms. The van der Waals surface area contributed by atoms with E-state index in [2.05, 4.69) is 15.7 Å². The number of carbonyl (C=O) groups is 1. The molecule has 2 aromatic rings. The van der Waals surface area contributed by atoms with Crippen molar-refractivity contribution >= 4 is 11.6 Å². The van der Waals surface area contributed by atoms with Crippen LogP contribution in [0.3, 0.4) is 0 Å². The van der Waals surface area contributed by atoms with Gasteiger partial charge in [-0.15, -0.1) is 0 Å². The van der Waals surface area contributed by atoms with Gasteiger partial charge in [0.05, 0.1) is 18.4 Å². The van der Waals surface area contributed by atoms with Crippen molar-refractivity contribution in [3.63, 3.8) is 0 Å². The number of ether oxygens (including phenoxy) is 1. The first-order valence-electron chi connectivity index (χ1n) is 6.49. The Morgan fingerprint density at radius 2 is 2.14 bits per heavy atom. The second-order valence-electron chi connectivity index (χ2n) is 4.51. The van der Waals surface area contributed by atoms with Crippen molar-refractivity contribution in [3.05, 3.63) is 53.3 Å². The molecule has 1 heterocycles. The van der Waals surface area contributed by atoms with Gasteiger partial charge in [-0.05, 0) is 19.1 Å². The lowest BCUT2D eigenvalue weighted by Crippen LogP contribution is -2.25. The van der Waals surface area contributed by atoms with Crippen molar-refractivity contribution in [3.8, 4) is 5.75 Å². The summed E-state index contributed by atoms with van der Waals surface area (Å²) in [6.45, 7) is 2.19. The highest BCUT2D eigenvalue weighted by Crippen LogP contribution is 2.18. The van der Waals surface area contributed by atoms with Crippen molar-refractivity contribution in [2.75, 3.05) is 12.5 Å². The fourth-order valence-corrected chi connectivity index (χ4v) is 1.98. The first-order valence-corrected chi connectivity index (χ1v) is 6.49. The minimum absolute atomic E-state index is 0.249. The predicted octanol–water partition coefficient (Wildman–Crippen LogP) is 1.61. The van der Waals surface area contributed by atoms with Gasteiger partial charge in [0.15, 0.2) is 0 Å². The molecule has 0 bridgehead atoms. The van der Waals surface area contributed by atoms with Crippen LogP contribution < -0.4 is 21.3 Å². The molecule has 0 aliphatic heterocycles. The predicted molar refractivity (Wildman–Crippen MR) is 80.9 cm³/mol. The smallest absolute Gasteiger partial charge is 0.255 e. The molecule has 1 aromatic carbocycles. The third-order valence-electron chi connectivity index (χ3n) is 3.07. The average molecular weight is 286 g/mol. The summed E-state index contributed by atoms with van der Waals surface area (Å²) in [5.41, 5.74) is 5.14. The SMILES string of the molecule is COc1ccccc1CNC(=O)c1cnc(C)cc1NN. The van der Waals surface area contributed by atoms with Gasteiger partial charge in [0.2, 0.25) is 0 Å². The molecule has 21 heavy (non-hydrogen) atoms. The molecule has 2 rings (SSSR count). The van der Waals surface area contributed by atoms with Gasteiger partial charge >= 0.3 is 0 Å². The van der Waals surface area contributed by atoms with Gasteiger partial charge in [0, 0.05) is 24.0 Å². The zero-order valence-electron chi connectivity index (χ0n) is 12.0. The Labute approximate surface area is 123 Å². The molecule has 110 valence electrons. The van der Waals surface area contributed by atoms with E-state index in [0.29, 0.717) is 17.8 Å². The largest absolute Gasteiger partial charge is 0.496 e. The van der Waals surface area contributed by atoms with E-state index in [0.717, 1.165) is 17.0 Å². The summed E-state index contributed by atoms with van der Waals surface area (Å²) in [6.07, 6.45) is 1.50. The summed E-state index contributed by atoms with van der Waals surface area (Å²) < 4.78 is 5.25. The Morgan fingerprint density at radius 3 is 2.86 bits per heavy atom. The van der Waals surface area contributed by atoms with Crippen LogP contribution in [0.2, 0.25) is 0 Å². The van der Waals surface area contributed by atoms with Crippen molar-refractivity contribution in [1.82, 2.24) is 10.3 Å². The van der Waals surface area contributed by atoms with E-state index < -0.39 is 0 Å². The lowest BCUT2D eigenvalue weighted by atomic mass is 10.1. The Hall–Kier alpha value is -2.60. The number of rotatable bonds is 5. The molecular formula is C15H18N4O2. The summed E-state index contributed by atoms with van der Waals surface area (Å²) >= 11 is 0. The van der Waals surface area contributed by atoms with Gasteiger partial charge < -0.3 is 15.5 Å². The van der Waals surface area contributed by atoms with E-state index in [-0.39, 0.29) is 5.91 Å². The van der Waals surface area contributed by atoms with Crippen LogP contribution in [-0.4, -0.2) is 18.0 Å². The summed E-state index contributed by atoms with van der Waals surface area (Å²) in [7, 11) is 1.60. The first-order chi connectivity index (χ1) is 10.2. The van der Waals surface area contributed by atoms with Gasteiger partial charge in [0.1, 0.15) is 5.75 Å². The fraction of sp³-hybridized carbons (Fsp3) is 0.200. The van der Waals surface area contributed by atoms with Crippen LogP contribution in [0.4, 0.5) is 5.69 Å². The molecule has 0 saturated heterocycles. The number of aromatic nitrogens is 1. The number of methoxy groups -OCH3 is 1. The van der Waals surface area contributed by atoms with Crippen LogP contribution in [0.5, 0.6) is 5.75 Å². The topological polar surface area (TPSA) is 89.3 Å². The number of pyridine rings is 1.